The van der Waals surface area contributed by atoms with Crippen LogP contribution in [0.25, 0.3) is 0 Å². The van der Waals surface area contributed by atoms with Crippen molar-refractivity contribution in [3.8, 4) is 0 Å². The first-order valence-corrected chi connectivity index (χ1v) is 4.24. The second-order valence-electron chi connectivity index (χ2n) is 0.0452. The van der Waals surface area contributed by atoms with Crippen molar-refractivity contribution in [1.82, 2.24) is 0 Å². The molecule has 0 spiro atoms. The number of hydrogen-bond acceptors (Lipinski definition) is 0. The summed E-state index contributed by atoms with van der Waals surface area (Å²) in [5.74, 6) is 0. The van der Waals surface area contributed by atoms with E-state index < -0.39 is 0 Å². The normalized spacial score (nSPS) is 3.67. The number of rotatable bonds is 0. The van der Waals surface area contributed by atoms with Gasteiger partial charge >= 0.3 is 52.1 Å². The molecular weight excluding hydrogens is 304 g/mol. The average molecular weight is 304 g/mol. The Labute approximate surface area is 76.1 Å². The molecule has 0 N–H and O–H groups in total. The zero-order valence-corrected chi connectivity index (χ0v) is 7.86. The van der Waals surface area contributed by atoms with E-state index in [1.807, 2.05) is 0 Å². The summed E-state index contributed by atoms with van der Waals surface area (Å²) in [6.07, 6.45) is 0. The van der Waals surface area contributed by atoms with E-state index in [9.17, 15) is 0 Å². The molecule has 0 nitrogen and oxygen atoms in total. The van der Waals surface area contributed by atoms with Gasteiger partial charge < -0.3 is 24.8 Å². The Balaban J connectivity index is -0.00000000667. The van der Waals surface area contributed by atoms with E-state index in [1.54, 1.807) is 0 Å². The third-order valence-corrected chi connectivity index (χ3v) is 0. The molecular formula is Cl4FePd. The molecule has 0 aromatic carbocycles. The standard InChI is InChI=1S/4ClH.Fe.Pd/h4*1H;;/q;;;;2*+2/p-4. The molecule has 0 bridgehead atoms. The predicted molar refractivity (Wildman–Crippen MR) is 11.7 cm³/mol. The summed E-state index contributed by atoms with van der Waals surface area (Å²) in [6, 6.07) is 0. The summed E-state index contributed by atoms with van der Waals surface area (Å²) in [4.78, 5) is 0. The van der Waals surface area contributed by atoms with E-state index >= 15 is 0 Å². The van der Waals surface area contributed by atoms with Crippen LogP contribution in [-0.2, 0) is 33.0 Å². The van der Waals surface area contributed by atoms with Gasteiger partial charge in [0, 0.05) is 0 Å². The topological polar surface area (TPSA) is 0 Å². The van der Waals surface area contributed by atoms with E-state index in [2.05, 4.69) is 0 Å². The van der Waals surface area contributed by atoms with Crippen LogP contribution in [0, 0.1) is 0 Å². The van der Waals surface area contributed by atoms with Gasteiger partial charge in [0.15, 0.2) is 0 Å². The minimum Gasteiger partial charge on any atom is 2.00 e. The van der Waals surface area contributed by atoms with E-state index in [-0.39, 0.29) is 57.8 Å². The summed E-state index contributed by atoms with van der Waals surface area (Å²) >= 11 is -0.106. The van der Waals surface area contributed by atoms with Gasteiger partial charge in [-0.3, -0.25) is 0 Å². The van der Waals surface area contributed by atoms with Crippen LogP contribution in [-0.4, -0.2) is 0 Å². The van der Waals surface area contributed by atoms with Crippen LogP contribution < -0.4 is 24.8 Å². The van der Waals surface area contributed by atoms with Crippen molar-refractivity contribution in [2.75, 3.05) is 0 Å². The quantitative estimate of drug-likeness (QED) is 0.395. The van der Waals surface area contributed by atoms with Crippen LogP contribution in [0.4, 0.5) is 0 Å². The summed E-state index contributed by atoms with van der Waals surface area (Å²) in [5.41, 5.74) is 0. The van der Waals surface area contributed by atoms with Crippen molar-refractivity contribution in [3.63, 3.8) is 0 Å². The zero-order chi connectivity index (χ0) is 2.71. The molecule has 0 fully saturated rings. The van der Waals surface area contributed by atoms with Crippen LogP contribution in [0.3, 0.4) is 0 Å². The Kier molecular flexibility index (Phi) is 105. The van der Waals surface area contributed by atoms with E-state index in [0.717, 1.165) is 0 Å². The maximum atomic E-state index is 4.81. The van der Waals surface area contributed by atoms with Crippen LogP contribution in [0.1, 0.15) is 0 Å². The van der Waals surface area contributed by atoms with Crippen LogP contribution in [0.5, 0.6) is 0 Å². The van der Waals surface area contributed by atoms with E-state index in [1.165, 1.54) is 0 Å². The molecule has 6 heteroatoms. The molecule has 0 aliphatic heterocycles. The fourth-order valence-electron chi connectivity index (χ4n) is 0. The van der Waals surface area contributed by atoms with Gasteiger partial charge in [0.2, 0.25) is 0 Å². The Morgan fingerprint density at radius 2 is 1.00 bits per heavy atom. The van der Waals surface area contributed by atoms with Gasteiger partial charge in [0.1, 0.15) is 0 Å². The molecule has 0 aliphatic carbocycles. The van der Waals surface area contributed by atoms with Crippen molar-refractivity contribution in [2.24, 2.45) is 0 Å². The SMILES string of the molecule is [Cl-].[Cl-].[Cl][Pd][Cl].[Fe+2]. The number of halogens is 4. The van der Waals surface area contributed by atoms with Crippen LogP contribution >= 0.6 is 19.1 Å². The maximum absolute atomic E-state index is 4.81. The van der Waals surface area contributed by atoms with Gasteiger partial charge in [-0.2, -0.15) is 0 Å². The molecule has 0 radical (unpaired) electrons. The predicted octanol–water partition coefficient (Wildman–Crippen LogP) is -4.62. The van der Waals surface area contributed by atoms with Crippen molar-refractivity contribution in [2.45, 2.75) is 0 Å². The molecule has 0 unspecified atom stereocenters. The molecule has 6 heavy (non-hydrogen) atoms. The van der Waals surface area contributed by atoms with Gasteiger partial charge in [-0.15, -0.1) is 0 Å². The minimum absolute atomic E-state index is 0. The van der Waals surface area contributed by atoms with Gasteiger partial charge in [-0.25, -0.2) is 0 Å². The summed E-state index contributed by atoms with van der Waals surface area (Å²) in [7, 11) is 9.63. The summed E-state index contributed by atoms with van der Waals surface area (Å²) in [5, 5.41) is 0. The Hall–Kier alpha value is 2.34. The Bertz CT molecular complexity index is 7.51. The van der Waals surface area contributed by atoms with E-state index in [4.69, 9.17) is 19.1 Å². The third-order valence-electron chi connectivity index (χ3n) is 0. The van der Waals surface area contributed by atoms with Gasteiger partial charge in [-0.05, 0) is 0 Å². The maximum Gasteiger partial charge on any atom is 2.00 e. The Morgan fingerprint density at radius 1 is 1.00 bits per heavy atom. The molecule has 0 saturated heterocycles. The fourth-order valence-corrected chi connectivity index (χ4v) is 0. The Morgan fingerprint density at radius 3 is 1.00 bits per heavy atom. The van der Waals surface area contributed by atoms with Gasteiger partial charge in [-0.1, -0.05) is 0 Å². The molecule has 0 aliphatic rings. The molecule has 0 amide bonds. The molecule has 46 valence electrons. The van der Waals surface area contributed by atoms with Crippen molar-refractivity contribution in [1.29, 1.82) is 0 Å². The molecule has 0 heterocycles. The molecule has 0 aromatic heterocycles. The van der Waals surface area contributed by atoms with E-state index in [0.29, 0.717) is 0 Å². The van der Waals surface area contributed by atoms with Crippen molar-refractivity contribution in [3.05, 3.63) is 0 Å². The molecule has 0 saturated carbocycles. The molecule has 0 aromatic rings. The molecule has 0 rings (SSSR count). The first-order valence-electron chi connectivity index (χ1n) is 0.239. The summed E-state index contributed by atoms with van der Waals surface area (Å²) < 4.78 is 0. The van der Waals surface area contributed by atoms with Crippen LogP contribution in [0.2, 0.25) is 0 Å². The van der Waals surface area contributed by atoms with Crippen LogP contribution in [0.15, 0.2) is 0 Å². The summed E-state index contributed by atoms with van der Waals surface area (Å²) in [6.45, 7) is 0. The second kappa shape index (κ2) is 26.4. The van der Waals surface area contributed by atoms with Gasteiger partial charge in [0.25, 0.3) is 0 Å². The largest absolute Gasteiger partial charge is 2.00 e. The number of hydrogen-bond donors (Lipinski definition) is 0. The fraction of sp³-hybridized carbons (Fsp3) is 0. The first kappa shape index (κ1) is 23.9. The second-order valence-corrected chi connectivity index (χ2v) is 2.41. The third kappa shape index (κ3) is 33.0. The smallest absolute Gasteiger partial charge is 2.00 e. The molecule has 0 atom stereocenters. The van der Waals surface area contributed by atoms with Crippen molar-refractivity contribution >= 4 is 19.1 Å². The average Bonchev–Trinajstić information content (AvgIpc) is 0.918. The minimum atomic E-state index is -0.106. The monoisotopic (exact) mass is 302 g/mol. The first-order chi connectivity index (χ1) is 1.41. The van der Waals surface area contributed by atoms with Crippen molar-refractivity contribution < 1.29 is 57.8 Å². The zero-order valence-electron chi connectivity index (χ0n) is 2.18. The van der Waals surface area contributed by atoms with Gasteiger partial charge in [0.05, 0.1) is 0 Å².